The maximum absolute atomic E-state index is 12.5. The zero-order valence-corrected chi connectivity index (χ0v) is 15.5. The van der Waals surface area contributed by atoms with E-state index in [0.29, 0.717) is 10.6 Å². The van der Waals surface area contributed by atoms with Gasteiger partial charge in [-0.15, -0.1) is 11.3 Å². The molecular weight excluding hydrogens is 372 g/mol. The highest BCUT2D eigenvalue weighted by atomic mass is 79.9. The highest BCUT2D eigenvalue weighted by Gasteiger charge is 2.20. The first kappa shape index (κ1) is 16.3. The molecule has 0 radical (unpaired) electrons. The van der Waals surface area contributed by atoms with Crippen molar-refractivity contribution in [3.05, 3.63) is 38.5 Å². The molecule has 0 atom stereocenters. The van der Waals surface area contributed by atoms with Crippen molar-refractivity contribution in [2.75, 3.05) is 23.7 Å². The van der Waals surface area contributed by atoms with Gasteiger partial charge >= 0.3 is 0 Å². The minimum atomic E-state index is -3.57. The van der Waals surface area contributed by atoms with Crippen molar-refractivity contribution < 1.29 is 8.42 Å². The number of rotatable bonds is 4. The zero-order valence-electron chi connectivity index (χ0n) is 12.3. The van der Waals surface area contributed by atoms with E-state index >= 15 is 0 Å². The van der Waals surface area contributed by atoms with E-state index in [-0.39, 0.29) is 0 Å². The quantitative estimate of drug-likeness (QED) is 0.860. The molecule has 0 aliphatic rings. The lowest BCUT2D eigenvalue weighted by Gasteiger charge is -2.17. The van der Waals surface area contributed by atoms with Gasteiger partial charge in [0.25, 0.3) is 10.0 Å². The number of thiophene rings is 1. The Morgan fingerprint density at radius 1 is 1.19 bits per heavy atom. The molecule has 4 nitrogen and oxygen atoms in total. The molecule has 0 bridgehead atoms. The van der Waals surface area contributed by atoms with Crippen LogP contribution in [0.25, 0.3) is 0 Å². The topological polar surface area (TPSA) is 49.4 Å². The van der Waals surface area contributed by atoms with Crippen molar-refractivity contribution in [3.8, 4) is 0 Å². The molecule has 1 aromatic carbocycles. The number of halogens is 1. The minimum Gasteiger partial charge on any atom is -0.377 e. The number of hydrogen-bond acceptors (Lipinski definition) is 4. The van der Waals surface area contributed by atoms with Crippen LogP contribution in [-0.2, 0) is 10.0 Å². The Balaban J connectivity index is 2.37. The van der Waals surface area contributed by atoms with Gasteiger partial charge in [0, 0.05) is 24.7 Å². The van der Waals surface area contributed by atoms with Gasteiger partial charge in [-0.3, -0.25) is 4.72 Å². The summed E-state index contributed by atoms with van der Waals surface area (Å²) >= 11 is 4.73. The van der Waals surface area contributed by atoms with Gasteiger partial charge in [0.05, 0.1) is 9.47 Å². The minimum absolute atomic E-state index is 0.311. The summed E-state index contributed by atoms with van der Waals surface area (Å²) in [4.78, 5) is 3.03. The summed E-state index contributed by atoms with van der Waals surface area (Å²) in [6.07, 6.45) is 0. The zero-order chi connectivity index (χ0) is 15.8. The molecule has 21 heavy (non-hydrogen) atoms. The number of anilines is 2. The van der Waals surface area contributed by atoms with Crippen molar-refractivity contribution in [1.29, 1.82) is 0 Å². The summed E-state index contributed by atoms with van der Waals surface area (Å²) in [7, 11) is 0.296. The predicted molar refractivity (Wildman–Crippen MR) is 93.1 cm³/mol. The van der Waals surface area contributed by atoms with Crippen molar-refractivity contribution in [2.24, 2.45) is 0 Å². The van der Waals surface area contributed by atoms with Crippen LogP contribution in [0.4, 0.5) is 11.4 Å². The number of nitrogens with one attached hydrogen (secondary N) is 1. The van der Waals surface area contributed by atoms with Gasteiger partial charge in [-0.05, 0) is 53.5 Å². The first-order valence-electron chi connectivity index (χ1n) is 6.27. The van der Waals surface area contributed by atoms with E-state index < -0.39 is 10.0 Å². The monoisotopic (exact) mass is 388 g/mol. The van der Waals surface area contributed by atoms with E-state index in [4.69, 9.17) is 0 Å². The average molecular weight is 389 g/mol. The fraction of sp³-hybridized carbons (Fsp3) is 0.286. The lowest BCUT2D eigenvalue weighted by molar-refractivity contribution is 0.601. The standard InChI is InChI=1S/C14H17BrN2O2S2/c1-9-5-6-11(7-12(9)17(3)4)16-21(18,19)13-8-14(15)20-10(13)2/h5-8,16H,1-4H3. The maximum Gasteiger partial charge on any atom is 0.263 e. The Kier molecular flexibility index (Phi) is 4.65. The molecular formula is C14H17BrN2O2S2. The molecule has 0 fully saturated rings. The van der Waals surface area contributed by atoms with Crippen molar-refractivity contribution >= 4 is 48.7 Å². The fourth-order valence-corrected chi connectivity index (χ4v) is 5.53. The molecule has 0 saturated carbocycles. The van der Waals surface area contributed by atoms with Gasteiger partial charge in [0.2, 0.25) is 0 Å². The van der Waals surface area contributed by atoms with Crippen LogP contribution in [-0.4, -0.2) is 22.5 Å². The molecule has 1 heterocycles. The number of benzene rings is 1. The smallest absolute Gasteiger partial charge is 0.263 e. The van der Waals surface area contributed by atoms with E-state index in [1.54, 1.807) is 19.1 Å². The van der Waals surface area contributed by atoms with Crippen LogP contribution in [0, 0.1) is 13.8 Å². The van der Waals surface area contributed by atoms with E-state index in [0.717, 1.165) is 19.9 Å². The number of nitrogens with zero attached hydrogens (tertiary/aromatic N) is 1. The summed E-state index contributed by atoms with van der Waals surface area (Å²) in [5.74, 6) is 0. The summed E-state index contributed by atoms with van der Waals surface area (Å²) in [5.41, 5.74) is 2.64. The summed E-state index contributed by atoms with van der Waals surface area (Å²) < 4.78 is 28.4. The van der Waals surface area contributed by atoms with Gasteiger partial charge in [-0.2, -0.15) is 0 Å². The third-order valence-electron chi connectivity index (χ3n) is 3.07. The van der Waals surface area contributed by atoms with E-state index in [2.05, 4.69) is 20.7 Å². The first-order valence-corrected chi connectivity index (χ1v) is 9.36. The van der Waals surface area contributed by atoms with Gasteiger partial charge < -0.3 is 4.90 Å². The van der Waals surface area contributed by atoms with Crippen molar-refractivity contribution in [1.82, 2.24) is 0 Å². The molecule has 0 saturated heterocycles. The molecule has 0 aliphatic carbocycles. The molecule has 1 N–H and O–H groups in total. The van der Waals surface area contributed by atoms with E-state index in [1.165, 1.54) is 11.3 Å². The van der Waals surface area contributed by atoms with E-state index in [1.807, 2.05) is 38.1 Å². The van der Waals surface area contributed by atoms with E-state index in [9.17, 15) is 8.42 Å². The van der Waals surface area contributed by atoms with Gasteiger partial charge in [-0.25, -0.2) is 8.42 Å². The van der Waals surface area contributed by atoms with Crippen LogP contribution in [0.1, 0.15) is 10.4 Å². The van der Waals surface area contributed by atoms with Crippen molar-refractivity contribution in [3.63, 3.8) is 0 Å². The molecule has 0 aliphatic heterocycles. The normalized spacial score (nSPS) is 11.5. The third kappa shape index (κ3) is 3.59. The van der Waals surface area contributed by atoms with Gasteiger partial charge in [0.1, 0.15) is 4.90 Å². The predicted octanol–water partition coefficient (Wildman–Crippen LogP) is 3.99. The maximum atomic E-state index is 12.5. The Bertz CT molecular complexity index is 767. The second kappa shape index (κ2) is 5.98. The molecule has 114 valence electrons. The first-order chi connectivity index (χ1) is 9.70. The second-order valence-electron chi connectivity index (χ2n) is 4.97. The number of hydrogen-bond donors (Lipinski definition) is 1. The lowest BCUT2D eigenvalue weighted by atomic mass is 10.2. The van der Waals surface area contributed by atoms with Gasteiger partial charge in [-0.1, -0.05) is 6.07 Å². The molecule has 0 spiro atoms. The lowest BCUT2D eigenvalue weighted by Crippen LogP contribution is -2.15. The molecule has 7 heteroatoms. The Labute approximate surface area is 138 Å². The number of aryl methyl sites for hydroxylation is 2. The third-order valence-corrected chi connectivity index (χ3v) is 6.27. The summed E-state index contributed by atoms with van der Waals surface area (Å²) in [6.45, 7) is 3.79. The molecule has 0 unspecified atom stereocenters. The molecule has 1 aromatic heterocycles. The number of sulfonamides is 1. The van der Waals surface area contributed by atoms with Crippen LogP contribution < -0.4 is 9.62 Å². The van der Waals surface area contributed by atoms with Crippen molar-refractivity contribution in [2.45, 2.75) is 18.7 Å². The largest absolute Gasteiger partial charge is 0.377 e. The van der Waals surface area contributed by atoms with Crippen LogP contribution >= 0.6 is 27.3 Å². The van der Waals surface area contributed by atoms with Gasteiger partial charge in [0.15, 0.2) is 0 Å². The highest BCUT2D eigenvalue weighted by molar-refractivity contribution is 9.11. The Morgan fingerprint density at radius 2 is 1.86 bits per heavy atom. The second-order valence-corrected chi connectivity index (χ2v) is 9.26. The fourth-order valence-electron chi connectivity index (χ4n) is 2.06. The van der Waals surface area contributed by atoms with Crippen LogP contribution in [0.3, 0.4) is 0 Å². The Morgan fingerprint density at radius 3 is 2.38 bits per heavy atom. The average Bonchev–Trinajstić information content (AvgIpc) is 2.71. The molecule has 2 aromatic rings. The molecule has 2 rings (SSSR count). The van der Waals surface area contributed by atoms with Crippen LogP contribution in [0.2, 0.25) is 0 Å². The highest BCUT2D eigenvalue weighted by Crippen LogP contribution is 2.31. The SMILES string of the molecule is Cc1ccc(NS(=O)(=O)c2cc(Br)sc2C)cc1N(C)C. The summed E-state index contributed by atoms with van der Waals surface area (Å²) in [5, 5.41) is 0. The molecule has 0 amide bonds. The van der Waals surface area contributed by atoms with Crippen LogP contribution in [0.5, 0.6) is 0 Å². The Hall–Kier alpha value is -1.05. The van der Waals surface area contributed by atoms with Crippen LogP contribution in [0.15, 0.2) is 32.9 Å². The summed E-state index contributed by atoms with van der Waals surface area (Å²) in [6, 6.07) is 7.15.